The zero-order chi connectivity index (χ0) is 18.7. The van der Waals surface area contributed by atoms with Crippen LogP contribution >= 0.6 is 0 Å². The Morgan fingerprint density at radius 1 is 1.23 bits per heavy atom. The van der Waals surface area contributed by atoms with E-state index >= 15 is 0 Å². The van der Waals surface area contributed by atoms with E-state index in [0.717, 1.165) is 12.8 Å². The maximum Gasteiger partial charge on any atom is 0.228 e. The van der Waals surface area contributed by atoms with Crippen molar-refractivity contribution in [1.29, 1.82) is 0 Å². The van der Waals surface area contributed by atoms with Crippen LogP contribution in [0.2, 0.25) is 0 Å². The normalized spacial score (nSPS) is 27.2. The zero-order valence-electron chi connectivity index (χ0n) is 15.9. The fourth-order valence-electron chi connectivity index (χ4n) is 4.52. The molecule has 5 nitrogen and oxygen atoms in total. The molecule has 1 aromatic rings. The first-order valence-corrected chi connectivity index (χ1v) is 9.88. The van der Waals surface area contributed by atoms with Gasteiger partial charge in [-0.3, -0.25) is 9.59 Å². The van der Waals surface area contributed by atoms with Gasteiger partial charge in [-0.2, -0.15) is 0 Å². The zero-order valence-corrected chi connectivity index (χ0v) is 15.9. The molecule has 3 rings (SSSR count). The molecule has 2 aliphatic rings. The van der Waals surface area contributed by atoms with Crippen molar-refractivity contribution in [3.63, 3.8) is 0 Å². The monoisotopic (exact) mass is 357 g/mol. The van der Waals surface area contributed by atoms with Crippen LogP contribution in [0, 0.1) is 11.8 Å². The van der Waals surface area contributed by atoms with Crippen LogP contribution in [0.1, 0.15) is 44.6 Å². The summed E-state index contributed by atoms with van der Waals surface area (Å²) in [6, 6.07) is 10.5. The number of amides is 2. The highest BCUT2D eigenvalue weighted by Crippen LogP contribution is 2.34. The van der Waals surface area contributed by atoms with E-state index in [1.54, 1.807) is 0 Å². The van der Waals surface area contributed by atoms with Crippen molar-refractivity contribution < 1.29 is 9.59 Å². The van der Waals surface area contributed by atoms with Gasteiger partial charge in [-0.25, -0.2) is 0 Å². The molecule has 2 amide bonds. The third-order valence-corrected chi connectivity index (χ3v) is 6.03. The Balaban J connectivity index is 1.66. The largest absolute Gasteiger partial charge is 0.341 e. The quantitative estimate of drug-likeness (QED) is 0.849. The van der Waals surface area contributed by atoms with E-state index in [9.17, 15) is 9.59 Å². The molecule has 142 valence electrons. The van der Waals surface area contributed by atoms with Crippen molar-refractivity contribution in [3.8, 4) is 0 Å². The molecular weight excluding hydrogens is 326 g/mol. The summed E-state index contributed by atoms with van der Waals surface area (Å²) in [5.74, 6) is 0.626. The van der Waals surface area contributed by atoms with Crippen molar-refractivity contribution in [1.82, 2.24) is 9.80 Å². The van der Waals surface area contributed by atoms with Gasteiger partial charge >= 0.3 is 0 Å². The van der Waals surface area contributed by atoms with Crippen molar-refractivity contribution in [2.45, 2.75) is 45.1 Å². The van der Waals surface area contributed by atoms with Crippen LogP contribution in [0.4, 0.5) is 0 Å². The van der Waals surface area contributed by atoms with Crippen molar-refractivity contribution >= 4 is 11.8 Å². The molecule has 2 fully saturated rings. The Morgan fingerprint density at radius 3 is 2.62 bits per heavy atom. The van der Waals surface area contributed by atoms with Crippen molar-refractivity contribution in [2.75, 3.05) is 26.2 Å². The highest BCUT2D eigenvalue weighted by molar-refractivity contribution is 5.89. The number of hydrogen-bond acceptors (Lipinski definition) is 3. The molecule has 26 heavy (non-hydrogen) atoms. The maximum atomic E-state index is 13.1. The van der Waals surface area contributed by atoms with Gasteiger partial charge in [0.2, 0.25) is 11.8 Å². The van der Waals surface area contributed by atoms with E-state index in [-0.39, 0.29) is 35.6 Å². The molecule has 0 spiro atoms. The minimum absolute atomic E-state index is 0.124. The number of benzene rings is 1. The Labute approximate surface area is 156 Å². The lowest BCUT2D eigenvalue weighted by atomic mass is 9.89. The van der Waals surface area contributed by atoms with E-state index in [1.165, 1.54) is 5.56 Å². The molecule has 0 bridgehead atoms. The first-order chi connectivity index (χ1) is 12.5. The van der Waals surface area contributed by atoms with Gasteiger partial charge in [0.25, 0.3) is 0 Å². The summed E-state index contributed by atoms with van der Waals surface area (Å²) < 4.78 is 0. The number of carbonyl (C=O) groups is 2. The fourth-order valence-corrected chi connectivity index (χ4v) is 4.52. The molecule has 4 atom stereocenters. The molecular formula is C21H31N3O2. The molecule has 5 heteroatoms. The van der Waals surface area contributed by atoms with Gasteiger partial charge in [-0.05, 0) is 31.4 Å². The van der Waals surface area contributed by atoms with Gasteiger partial charge in [0.1, 0.15) is 0 Å². The SMILES string of the molecule is CCCC(C)N1CC(C(=O)N2C[C@@H](CN)[C@H](c3ccccc3)C2)CC1=O. The van der Waals surface area contributed by atoms with E-state index in [4.69, 9.17) is 5.73 Å². The van der Waals surface area contributed by atoms with Gasteiger partial charge in [0.05, 0.1) is 5.92 Å². The second kappa shape index (κ2) is 8.21. The highest BCUT2D eigenvalue weighted by Gasteiger charge is 2.42. The molecule has 2 aliphatic heterocycles. The molecule has 2 unspecified atom stereocenters. The minimum Gasteiger partial charge on any atom is -0.341 e. The Bertz CT molecular complexity index is 633. The van der Waals surface area contributed by atoms with Crippen molar-refractivity contribution in [3.05, 3.63) is 35.9 Å². The van der Waals surface area contributed by atoms with Crippen LogP contribution in [-0.4, -0.2) is 53.8 Å². The summed E-state index contributed by atoms with van der Waals surface area (Å²) >= 11 is 0. The fraction of sp³-hybridized carbons (Fsp3) is 0.619. The molecule has 2 heterocycles. The molecule has 1 aromatic carbocycles. The minimum atomic E-state index is -0.199. The summed E-state index contributed by atoms with van der Waals surface area (Å²) in [5, 5.41) is 0. The highest BCUT2D eigenvalue weighted by atomic mass is 16.2. The summed E-state index contributed by atoms with van der Waals surface area (Å²) in [4.78, 5) is 29.3. The van der Waals surface area contributed by atoms with Gasteiger partial charge in [0, 0.05) is 38.0 Å². The summed E-state index contributed by atoms with van der Waals surface area (Å²) in [5.41, 5.74) is 7.24. The van der Waals surface area contributed by atoms with E-state index in [0.29, 0.717) is 32.6 Å². The van der Waals surface area contributed by atoms with Crippen molar-refractivity contribution in [2.24, 2.45) is 17.6 Å². The summed E-state index contributed by atoms with van der Waals surface area (Å²) in [6.07, 6.45) is 2.39. The van der Waals surface area contributed by atoms with E-state index in [2.05, 4.69) is 26.0 Å². The standard InChI is InChI=1S/C21H31N3O2/c1-3-7-15(2)24-13-17(10-20(24)25)21(26)23-12-18(11-22)19(14-23)16-8-5-4-6-9-16/h4-6,8-9,15,17-19H,3,7,10-14,22H2,1-2H3/t15?,17?,18-,19+/m1/s1. The molecule has 0 radical (unpaired) electrons. The predicted molar refractivity (Wildman–Crippen MR) is 102 cm³/mol. The van der Waals surface area contributed by atoms with Gasteiger partial charge in [-0.1, -0.05) is 43.7 Å². The topological polar surface area (TPSA) is 66.6 Å². The average Bonchev–Trinajstić information content (AvgIpc) is 3.26. The molecule has 0 aliphatic carbocycles. The van der Waals surface area contributed by atoms with E-state index < -0.39 is 0 Å². The second-order valence-corrected chi connectivity index (χ2v) is 7.84. The number of nitrogens with two attached hydrogens (primary N) is 1. The number of nitrogens with zero attached hydrogens (tertiary/aromatic N) is 2. The van der Waals surface area contributed by atoms with Gasteiger partial charge in [0.15, 0.2) is 0 Å². The maximum absolute atomic E-state index is 13.1. The molecule has 0 saturated carbocycles. The lowest BCUT2D eigenvalue weighted by molar-refractivity contribution is -0.135. The smallest absolute Gasteiger partial charge is 0.228 e. The molecule has 0 aromatic heterocycles. The number of hydrogen-bond donors (Lipinski definition) is 1. The number of rotatable bonds is 6. The third-order valence-electron chi connectivity index (χ3n) is 6.03. The lowest BCUT2D eigenvalue weighted by Gasteiger charge is -2.25. The Kier molecular flexibility index (Phi) is 5.97. The van der Waals surface area contributed by atoms with Crippen LogP contribution in [0.25, 0.3) is 0 Å². The number of likely N-dealkylation sites (tertiary alicyclic amines) is 2. The second-order valence-electron chi connectivity index (χ2n) is 7.84. The van der Waals surface area contributed by atoms with Gasteiger partial charge < -0.3 is 15.5 Å². The van der Waals surface area contributed by atoms with Gasteiger partial charge in [-0.15, -0.1) is 0 Å². The van der Waals surface area contributed by atoms with Crippen LogP contribution in [0.5, 0.6) is 0 Å². The first kappa shape index (κ1) is 18.9. The number of carbonyl (C=O) groups excluding carboxylic acids is 2. The first-order valence-electron chi connectivity index (χ1n) is 9.88. The summed E-state index contributed by atoms with van der Waals surface area (Å²) in [7, 11) is 0. The van der Waals surface area contributed by atoms with E-state index in [1.807, 2.05) is 28.0 Å². The summed E-state index contributed by atoms with van der Waals surface area (Å²) in [6.45, 7) is 6.76. The molecule has 2 N–H and O–H groups in total. The predicted octanol–water partition coefficient (Wildman–Crippen LogP) is 2.22. The Hall–Kier alpha value is -1.88. The van der Waals surface area contributed by atoms with Crippen LogP contribution < -0.4 is 5.73 Å². The lowest BCUT2D eigenvalue weighted by Crippen LogP contribution is -2.38. The Morgan fingerprint density at radius 2 is 1.96 bits per heavy atom. The van der Waals surface area contributed by atoms with Crippen LogP contribution in [0.3, 0.4) is 0 Å². The van der Waals surface area contributed by atoms with Crippen LogP contribution in [-0.2, 0) is 9.59 Å². The average molecular weight is 357 g/mol. The van der Waals surface area contributed by atoms with Crippen LogP contribution in [0.15, 0.2) is 30.3 Å². The molecule has 2 saturated heterocycles. The third kappa shape index (κ3) is 3.78.